The van der Waals surface area contributed by atoms with Crippen LogP contribution in [0.1, 0.15) is 10.4 Å². The molecule has 0 spiro atoms. The molecule has 1 aliphatic rings. The molecular formula is C27H28FN5O5S2. The van der Waals surface area contributed by atoms with E-state index in [0.717, 1.165) is 21.6 Å². The number of aryl methyl sites for hydroxylation is 1. The molecule has 1 amide bonds. The van der Waals surface area contributed by atoms with Gasteiger partial charge >= 0.3 is 0 Å². The van der Waals surface area contributed by atoms with Crippen LogP contribution in [-0.4, -0.2) is 61.5 Å². The van der Waals surface area contributed by atoms with Crippen molar-refractivity contribution in [3.05, 3.63) is 81.5 Å². The number of piperazine rings is 1. The second-order valence-corrected chi connectivity index (χ2v) is 12.4. The van der Waals surface area contributed by atoms with Crippen LogP contribution in [0.15, 0.2) is 64.5 Å². The van der Waals surface area contributed by atoms with E-state index in [1.54, 1.807) is 26.2 Å². The summed E-state index contributed by atoms with van der Waals surface area (Å²) in [4.78, 5) is 33.1. The average molecular weight is 586 g/mol. The number of halogens is 1. The Labute approximate surface area is 234 Å². The molecule has 10 nitrogen and oxygen atoms in total. The molecule has 0 atom stereocenters. The summed E-state index contributed by atoms with van der Waals surface area (Å²) in [7, 11) is -2.42. The number of hydrogen-bond donors (Lipinski definition) is 1. The third kappa shape index (κ3) is 5.44. The molecule has 40 heavy (non-hydrogen) atoms. The van der Waals surface area contributed by atoms with Gasteiger partial charge in [0.2, 0.25) is 15.9 Å². The Hall–Kier alpha value is -3.81. The molecule has 0 radical (unpaired) electrons. The van der Waals surface area contributed by atoms with E-state index in [1.807, 2.05) is 24.3 Å². The number of aromatic nitrogens is 2. The molecule has 210 valence electrons. The Morgan fingerprint density at radius 3 is 2.50 bits per heavy atom. The Morgan fingerprint density at radius 2 is 1.80 bits per heavy atom. The first-order valence-corrected chi connectivity index (χ1v) is 14.8. The molecule has 0 aliphatic carbocycles. The topological polar surface area (TPSA) is 114 Å². The van der Waals surface area contributed by atoms with Gasteiger partial charge in [-0.2, -0.15) is 4.31 Å². The first kappa shape index (κ1) is 27.7. The Balaban J connectivity index is 1.35. The molecule has 3 heterocycles. The first-order chi connectivity index (χ1) is 19.2. The van der Waals surface area contributed by atoms with Gasteiger partial charge in [0.25, 0.3) is 5.56 Å². The van der Waals surface area contributed by atoms with Gasteiger partial charge in [-0.1, -0.05) is 24.3 Å². The minimum absolute atomic E-state index is 0.0107. The predicted molar refractivity (Wildman–Crippen MR) is 151 cm³/mol. The monoisotopic (exact) mass is 585 g/mol. The van der Waals surface area contributed by atoms with Crippen molar-refractivity contribution in [2.24, 2.45) is 0 Å². The molecule has 4 aromatic rings. The van der Waals surface area contributed by atoms with Crippen LogP contribution in [-0.2, 0) is 27.9 Å². The normalized spacial score (nSPS) is 14.4. The number of hydrogen-bond acceptors (Lipinski definition) is 8. The number of nitrogens with zero attached hydrogens (tertiary/aromatic N) is 4. The lowest BCUT2D eigenvalue weighted by molar-refractivity contribution is -0.121. The summed E-state index contributed by atoms with van der Waals surface area (Å²) in [6.45, 7) is 2.85. The Kier molecular flexibility index (Phi) is 7.88. The molecule has 2 aromatic heterocycles. The summed E-state index contributed by atoms with van der Waals surface area (Å²) >= 11 is 1.13. The maximum absolute atomic E-state index is 13.8. The molecule has 1 saturated heterocycles. The molecule has 0 saturated carbocycles. The van der Waals surface area contributed by atoms with Gasteiger partial charge in [0.05, 0.1) is 24.5 Å². The predicted octanol–water partition coefficient (Wildman–Crippen LogP) is 2.74. The van der Waals surface area contributed by atoms with Crippen molar-refractivity contribution in [1.82, 2.24) is 19.2 Å². The molecule has 0 bridgehead atoms. The Morgan fingerprint density at radius 1 is 1.10 bits per heavy atom. The van der Waals surface area contributed by atoms with Crippen molar-refractivity contribution in [2.75, 3.05) is 38.2 Å². The lowest BCUT2D eigenvalue weighted by Crippen LogP contribution is -2.49. The molecule has 1 N–H and O–H groups in total. The van der Waals surface area contributed by atoms with Gasteiger partial charge in [-0.25, -0.2) is 17.8 Å². The van der Waals surface area contributed by atoms with Crippen molar-refractivity contribution in [3.63, 3.8) is 0 Å². The van der Waals surface area contributed by atoms with Gasteiger partial charge in [-0.15, -0.1) is 11.3 Å². The third-order valence-corrected chi connectivity index (χ3v) is 9.99. The fraction of sp³-hybridized carbons (Fsp3) is 0.296. The zero-order valence-corrected chi connectivity index (χ0v) is 23.6. The van der Waals surface area contributed by atoms with Crippen LogP contribution < -0.4 is 20.5 Å². The number of methoxy groups -OCH3 is 1. The van der Waals surface area contributed by atoms with E-state index < -0.39 is 21.5 Å². The number of benzene rings is 2. The first-order valence-electron chi connectivity index (χ1n) is 12.6. The number of ether oxygens (including phenoxy) is 1. The van der Waals surface area contributed by atoms with Gasteiger partial charge < -0.3 is 15.0 Å². The number of nitrogens with one attached hydrogen (secondary N) is 1. The minimum atomic E-state index is -4.01. The van der Waals surface area contributed by atoms with Crippen molar-refractivity contribution in [3.8, 4) is 5.75 Å². The van der Waals surface area contributed by atoms with Crippen LogP contribution in [0.25, 0.3) is 10.2 Å². The molecular weight excluding hydrogens is 557 g/mol. The average Bonchev–Trinajstić information content (AvgIpc) is 3.31. The van der Waals surface area contributed by atoms with Crippen molar-refractivity contribution in [2.45, 2.75) is 24.9 Å². The summed E-state index contributed by atoms with van der Waals surface area (Å²) in [5.41, 5.74) is 0.991. The number of thiophene rings is 1. The summed E-state index contributed by atoms with van der Waals surface area (Å²) < 4.78 is 48.7. The largest absolute Gasteiger partial charge is 0.495 e. The fourth-order valence-electron chi connectivity index (χ4n) is 4.74. The van der Waals surface area contributed by atoms with Gasteiger partial charge in [-0.3, -0.25) is 14.2 Å². The molecule has 0 unspecified atom stereocenters. The van der Waals surface area contributed by atoms with Crippen molar-refractivity contribution in [1.29, 1.82) is 0 Å². The quantitative estimate of drug-likeness (QED) is 0.338. The smallest absolute Gasteiger partial charge is 0.263 e. The number of fused-ring (bicyclic) bond motifs is 1. The van der Waals surface area contributed by atoms with Gasteiger partial charge in [-0.05, 0) is 36.8 Å². The Bertz CT molecular complexity index is 1710. The van der Waals surface area contributed by atoms with Gasteiger partial charge in [0.1, 0.15) is 27.8 Å². The van der Waals surface area contributed by atoms with E-state index in [2.05, 4.69) is 15.2 Å². The summed E-state index contributed by atoms with van der Waals surface area (Å²) in [5.74, 6) is -0.126. The summed E-state index contributed by atoms with van der Waals surface area (Å²) in [5, 5.41) is 2.67. The van der Waals surface area contributed by atoms with E-state index >= 15 is 0 Å². The van der Waals surface area contributed by atoms with Crippen molar-refractivity contribution < 1.29 is 22.3 Å². The number of sulfonamides is 1. The highest BCUT2D eigenvalue weighted by Gasteiger charge is 2.34. The molecule has 1 fully saturated rings. The van der Waals surface area contributed by atoms with Crippen LogP contribution in [0, 0.1) is 12.7 Å². The number of carbonyl (C=O) groups excluding carboxylic acids is 1. The summed E-state index contributed by atoms with van der Waals surface area (Å²) in [6, 6.07) is 13.3. The van der Waals surface area contributed by atoms with Crippen LogP contribution in [0.5, 0.6) is 5.75 Å². The molecule has 13 heteroatoms. The highest BCUT2D eigenvalue weighted by molar-refractivity contribution is 7.89. The van der Waals surface area contributed by atoms with E-state index in [-0.39, 0.29) is 42.3 Å². The van der Waals surface area contributed by atoms with Crippen LogP contribution in [0.2, 0.25) is 0 Å². The molecule has 2 aromatic carbocycles. The maximum atomic E-state index is 13.8. The van der Waals surface area contributed by atoms with E-state index in [4.69, 9.17) is 4.74 Å². The number of rotatable bonds is 8. The van der Waals surface area contributed by atoms with Crippen LogP contribution in [0.3, 0.4) is 0 Å². The second kappa shape index (κ2) is 11.4. The zero-order valence-electron chi connectivity index (χ0n) is 22.0. The van der Waals surface area contributed by atoms with Gasteiger partial charge in [0, 0.05) is 37.6 Å². The minimum Gasteiger partial charge on any atom is -0.495 e. The number of anilines is 1. The fourth-order valence-corrected chi connectivity index (χ4v) is 7.83. The van der Waals surface area contributed by atoms with E-state index in [9.17, 15) is 22.4 Å². The zero-order chi connectivity index (χ0) is 28.4. The number of amides is 1. The standard InChI is InChI=1S/C27H28FN5O5S2/c1-18-25(40(36,37)33-13-11-31(12-14-33)21-5-3-4-6-22(21)38-2)24-26(39-18)30-17-32(27(24)35)16-23(34)29-15-19-7-9-20(28)10-8-19/h3-10,17H,11-16H2,1-2H3,(H,29,34). The number of para-hydroxylation sites is 2. The van der Waals surface area contributed by atoms with Crippen LogP contribution >= 0.6 is 11.3 Å². The van der Waals surface area contributed by atoms with E-state index in [1.165, 1.54) is 22.8 Å². The lowest BCUT2D eigenvalue weighted by atomic mass is 10.2. The second-order valence-electron chi connectivity index (χ2n) is 9.31. The highest BCUT2D eigenvalue weighted by Crippen LogP contribution is 2.34. The van der Waals surface area contributed by atoms with Crippen molar-refractivity contribution >= 4 is 43.2 Å². The van der Waals surface area contributed by atoms with Crippen LogP contribution in [0.4, 0.5) is 10.1 Å². The van der Waals surface area contributed by atoms with E-state index in [0.29, 0.717) is 34.1 Å². The lowest BCUT2D eigenvalue weighted by Gasteiger charge is -2.35. The van der Waals surface area contributed by atoms with Gasteiger partial charge in [0.15, 0.2) is 0 Å². The SMILES string of the molecule is COc1ccccc1N1CCN(S(=O)(=O)c2c(C)sc3ncn(CC(=O)NCc4ccc(F)cc4)c(=O)c23)CC1. The highest BCUT2D eigenvalue weighted by atomic mass is 32.2. The molecule has 5 rings (SSSR count). The number of carbonyl (C=O) groups is 1. The summed E-state index contributed by atoms with van der Waals surface area (Å²) in [6.07, 6.45) is 1.25. The maximum Gasteiger partial charge on any atom is 0.263 e. The molecule has 1 aliphatic heterocycles. The third-order valence-electron chi connectivity index (χ3n) is 6.78.